The van der Waals surface area contributed by atoms with E-state index in [-0.39, 0.29) is 0 Å². The molecule has 1 heteroatoms. The van der Waals surface area contributed by atoms with Gasteiger partial charge in [-0.2, -0.15) is 0 Å². The quantitative estimate of drug-likeness (QED) is 0.628. The molecular weight excluding hydrogens is 134 g/mol. The van der Waals surface area contributed by atoms with Crippen LogP contribution in [0.3, 0.4) is 0 Å². The molecule has 0 radical (unpaired) electrons. The molecule has 1 saturated carbocycles. The lowest BCUT2D eigenvalue weighted by atomic mass is 10.0. The van der Waals surface area contributed by atoms with Crippen molar-refractivity contribution in [2.45, 2.75) is 24.9 Å². The summed E-state index contributed by atoms with van der Waals surface area (Å²) >= 11 is 0. The maximum Gasteiger partial charge on any atom is 0.0505 e. The Hall–Kier alpha value is -0.820. The van der Waals surface area contributed by atoms with Crippen molar-refractivity contribution in [1.29, 1.82) is 0 Å². The number of hydrogen-bond acceptors (Lipinski definition) is 1. The van der Waals surface area contributed by atoms with Crippen LogP contribution in [0.15, 0.2) is 36.5 Å². The summed E-state index contributed by atoms with van der Waals surface area (Å²) < 4.78 is 0. The van der Waals surface area contributed by atoms with Gasteiger partial charge in [-0.15, -0.1) is 0 Å². The minimum absolute atomic E-state index is 0.396. The molecule has 1 nitrogen and oxygen atoms in total. The Bertz CT molecular complexity index is 221. The topological polar surface area (TPSA) is 12.0 Å². The van der Waals surface area contributed by atoms with Crippen molar-refractivity contribution in [2.75, 3.05) is 0 Å². The van der Waals surface area contributed by atoms with Crippen molar-refractivity contribution in [3.8, 4) is 0 Å². The van der Waals surface area contributed by atoms with E-state index >= 15 is 0 Å². The molecule has 0 aliphatic heterocycles. The molecule has 0 heterocycles. The summed E-state index contributed by atoms with van der Waals surface area (Å²) in [4.78, 5) is 0. The average Bonchev–Trinajstić information content (AvgIpc) is 2.78. The molecule has 0 spiro atoms. The Morgan fingerprint density at radius 3 is 2.82 bits per heavy atom. The molecule has 1 N–H and O–H groups in total. The Kier molecular flexibility index (Phi) is 1.66. The van der Waals surface area contributed by atoms with Crippen LogP contribution in [0.2, 0.25) is 0 Å². The van der Waals surface area contributed by atoms with Gasteiger partial charge in [0.15, 0.2) is 0 Å². The second-order valence-corrected chi connectivity index (χ2v) is 3.24. The van der Waals surface area contributed by atoms with Crippen molar-refractivity contribution in [3.63, 3.8) is 0 Å². The molecule has 0 saturated heterocycles. The third-order valence-corrected chi connectivity index (χ3v) is 2.12. The van der Waals surface area contributed by atoms with Crippen molar-refractivity contribution >= 4 is 0 Å². The van der Waals surface area contributed by atoms with Gasteiger partial charge in [-0.05, 0) is 18.4 Å². The van der Waals surface area contributed by atoms with Crippen LogP contribution < -0.4 is 5.32 Å². The number of hydrogen-bond donors (Lipinski definition) is 1. The van der Waals surface area contributed by atoms with E-state index in [0.717, 1.165) is 6.04 Å². The number of nitrogens with one attached hydrogen (secondary N) is 1. The van der Waals surface area contributed by atoms with Gasteiger partial charge in [0.2, 0.25) is 0 Å². The lowest BCUT2D eigenvalue weighted by molar-refractivity contribution is 0.654. The molecule has 0 aromatic carbocycles. The van der Waals surface area contributed by atoms with Gasteiger partial charge in [0, 0.05) is 6.04 Å². The van der Waals surface area contributed by atoms with E-state index in [1.165, 1.54) is 18.4 Å². The zero-order valence-electron chi connectivity index (χ0n) is 6.59. The van der Waals surface area contributed by atoms with Crippen LogP contribution in [0, 0.1) is 0 Å². The first-order chi connectivity index (χ1) is 5.36. The Morgan fingerprint density at radius 1 is 1.36 bits per heavy atom. The molecule has 58 valence electrons. The van der Waals surface area contributed by atoms with E-state index < -0.39 is 0 Å². The van der Waals surface area contributed by atoms with Crippen LogP contribution in [0.25, 0.3) is 0 Å². The summed E-state index contributed by atoms with van der Waals surface area (Å²) in [5.41, 5.74) is 1.18. The first-order valence-corrected chi connectivity index (χ1v) is 4.16. The van der Waals surface area contributed by atoms with E-state index in [0.29, 0.717) is 6.04 Å². The second-order valence-electron chi connectivity index (χ2n) is 3.24. The summed E-state index contributed by atoms with van der Waals surface area (Å²) in [6.45, 7) is 3.98. The molecule has 1 unspecified atom stereocenters. The standard InChI is InChI=1S/C10H13N/c1-8-4-2-3-5-10(8)11-9-6-7-9/h2-5,9-11H,1,6-7H2. The van der Waals surface area contributed by atoms with Crippen LogP contribution in [-0.2, 0) is 0 Å². The summed E-state index contributed by atoms with van der Waals surface area (Å²) in [5, 5.41) is 3.50. The van der Waals surface area contributed by atoms with Crippen molar-refractivity contribution in [1.82, 2.24) is 5.32 Å². The van der Waals surface area contributed by atoms with Crippen LogP contribution in [-0.4, -0.2) is 12.1 Å². The molecule has 0 aromatic rings. The molecule has 1 fully saturated rings. The Balaban J connectivity index is 1.95. The Labute approximate surface area is 67.5 Å². The fourth-order valence-corrected chi connectivity index (χ4v) is 1.25. The molecule has 11 heavy (non-hydrogen) atoms. The second kappa shape index (κ2) is 2.67. The number of rotatable bonds is 2. The van der Waals surface area contributed by atoms with Crippen molar-refractivity contribution in [3.05, 3.63) is 36.5 Å². The lowest BCUT2D eigenvalue weighted by Crippen LogP contribution is -2.30. The smallest absolute Gasteiger partial charge is 0.0505 e. The third kappa shape index (κ3) is 1.60. The first-order valence-electron chi connectivity index (χ1n) is 4.16. The fraction of sp³-hybridized carbons (Fsp3) is 0.400. The molecule has 0 bridgehead atoms. The van der Waals surface area contributed by atoms with E-state index in [9.17, 15) is 0 Å². The minimum Gasteiger partial charge on any atom is -0.304 e. The van der Waals surface area contributed by atoms with Crippen LogP contribution >= 0.6 is 0 Å². The first kappa shape index (κ1) is 6.86. The van der Waals surface area contributed by atoms with E-state index in [1.807, 2.05) is 6.08 Å². The van der Waals surface area contributed by atoms with Gasteiger partial charge in [-0.1, -0.05) is 30.9 Å². The lowest BCUT2D eigenvalue weighted by Gasteiger charge is -2.16. The van der Waals surface area contributed by atoms with Gasteiger partial charge >= 0.3 is 0 Å². The highest BCUT2D eigenvalue weighted by Gasteiger charge is 2.24. The van der Waals surface area contributed by atoms with Gasteiger partial charge in [0.05, 0.1) is 6.04 Å². The fourth-order valence-electron chi connectivity index (χ4n) is 1.25. The minimum atomic E-state index is 0.396. The maximum atomic E-state index is 3.98. The van der Waals surface area contributed by atoms with Crippen LogP contribution in [0.5, 0.6) is 0 Å². The monoisotopic (exact) mass is 147 g/mol. The normalized spacial score (nSPS) is 29.5. The molecule has 0 aromatic heterocycles. The summed E-state index contributed by atoms with van der Waals surface area (Å²) in [6.07, 6.45) is 11.0. The van der Waals surface area contributed by atoms with Crippen LogP contribution in [0.4, 0.5) is 0 Å². The molecule has 1 atom stereocenters. The summed E-state index contributed by atoms with van der Waals surface area (Å²) in [7, 11) is 0. The zero-order chi connectivity index (χ0) is 7.68. The van der Waals surface area contributed by atoms with E-state index in [4.69, 9.17) is 0 Å². The third-order valence-electron chi connectivity index (χ3n) is 2.12. The number of allylic oxidation sites excluding steroid dienone is 2. The van der Waals surface area contributed by atoms with Crippen molar-refractivity contribution < 1.29 is 0 Å². The SMILES string of the molecule is C=C1C=CC=CC1NC1CC1. The highest BCUT2D eigenvalue weighted by Crippen LogP contribution is 2.22. The van der Waals surface area contributed by atoms with E-state index in [1.54, 1.807) is 0 Å². The van der Waals surface area contributed by atoms with Gasteiger partial charge in [-0.25, -0.2) is 0 Å². The summed E-state index contributed by atoms with van der Waals surface area (Å²) in [6, 6.07) is 1.15. The molecular formula is C10H13N. The average molecular weight is 147 g/mol. The predicted octanol–water partition coefficient (Wildman–Crippen LogP) is 1.79. The molecule has 2 rings (SSSR count). The van der Waals surface area contributed by atoms with Gasteiger partial charge in [0.1, 0.15) is 0 Å². The predicted molar refractivity (Wildman–Crippen MR) is 47.4 cm³/mol. The zero-order valence-corrected chi connectivity index (χ0v) is 6.59. The van der Waals surface area contributed by atoms with Crippen molar-refractivity contribution in [2.24, 2.45) is 0 Å². The summed E-state index contributed by atoms with van der Waals surface area (Å²) in [5.74, 6) is 0. The highest BCUT2D eigenvalue weighted by molar-refractivity contribution is 5.34. The van der Waals surface area contributed by atoms with E-state index in [2.05, 4.69) is 30.1 Å². The largest absolute Gasteiger partial charge is 0.304 e. The Morgan fingerprint density at radius 2 is 2.18 bits per heavy atom. The maximum absolute atomic E-state index is 3.98. The molecule has 0 amide bonds. The van der Waals surface area contributed by atoms with Gasteiger partial charge in [-0.3, -0.25) is 0 Å². The molecule has 2 aliphatic rings. The van der Waals surface area contributed by atoms with Crippen LogP contribution in [0.1, 0.15) is 12.8 Å². The molecule has 2 aliphatic carbocycles. The van der Waals surface area contributed by atoms with Gasteiger partial charge < -0.3 is 5.32 Å². The van der Waals surface area contributed by atoms with Gasteiger partial charge in [0.25, 0.3) is 0 Å². The highest BCUT2D eigenvalue weighted by atomic mass is 15.0.